The molecule has 0 atom stereocenters. The number of nitrogens with zero attached hydrogens (tertiary/aromatic N) is 2. The van der Waals surface area contributed by atoms with Gasteiger partial charge in [0.1, 0.15) is 0 Å². The molecule has 0 saturated carbocycles. The number of amides is 1. The van der Waals surface area contributed by atoms with Gasteiger partial charge in [0.05, 0.1) is 0 Å². The fraction of sp³-hybridized carbons (Fsp3) is 0.250. The first-order chi connectivity index (χ1) is 5.74. The van der Waals surface area contributed by atoms with Crippen molar-refractivity contribution in [2.75, 3.05) is 0 Å². The molecule has 1 amide bonds. The van der Waals surface area contributed by atoms with E-state index >= 15 is 0 Å². The van der Waals surface area contributed by atoms with Gasteiger partial charge in [-0.3, -0.25) is 4.79 Å². The number of hydrogen-bond acceptors (Lipinski definition) is 2. The van der Waals surface area contributed by atoms with E-state index in [0.29, 0.717) is 6.42 Å². The van der Waals surface area contributed by atoms with Crippen molar-refractivity contribution in [3.8, 4) is 0 Å². The molecule has 1 rings (SSSR count). The van der Waals surface area contributed by atoms with Crippen molar-refractivity contribution >= 4 is 5.91 Å². The molecule has 12 heavy (non-hydrogen) atoms. The molecule has 0 aliphatic carbocycles. The van der Waals surface area contributed by atoms with E-state index in [4.69, 9.17) is 5.21 Å². The summed E-state index contributed by atoms with van der Waals surface area (Å²) in [6.45, 7) is 1.72. The van der Waals surface area contributed by atoms with Crippen LogP contribution in [0.5, 0.6) is 0 Å². The Morgan fingerprint density at radius 1 is 1.67 bits per heavy atom. The van der Waals surface area contributed by atoms with Crippen LogP contribution in [0, 0.1) is 0 Å². The van der Waals surface area contributed by atoms with Crippen molar-refractivity contribution in [3.05, 3.63) is 29.9 Å². The van der Waals surface area contributed by atoms with Crippen molar-refractivity contribution in [3.63, 3.8) is 0 Å². The molecule has 0 bridgehead atoms. The number of rotatable bonds is 1. The maximum Gasteiger partial charge on any atom is 0.247 e. The third-order valence-corrected chi connectivity index (χ3v) is 1.36. The molecule has 4 nitrogen and oxygen atoms in total. The summed E-state index contributed by atoms with van der Waals surface area (Å²) in [5.41, 5.74) is 0.254. The topological polar surface area (TPSA) is 54.6 Å². The minimum Gasteiger partial charge on any atom is -0.427 e. The molecule has 0 fully saturated rings. The molecule has 1 aromatic rings. The summed E-state index contributed by atoms with van der Waals surface area (Å²) in [7, 11) is 0. The smallest absolute Gasteiger partial charge is 0.247 e. The van der Waals surface area contributed by atoms with Crippen LogP contribution in [0.1, 0.15) is 13.3 Å². The molecular formula is C8H10N2O2. The van der Waals surface area contributed by atoms with E-state index in [1.54, 1.807) is 25.1 Å². The second-order valence-corrected chi connectivity index (χ2v) is 2.26. The number of hydrogen-bond donors (Lipinski definition) is 1. The zero-order valence-corrected chi connectivity index (χ0v) is 6.77. The van der Waals surface area contributed by atoms with Crippen LogP contribution in [-0.2, 0) is 4.79 Å². The molecule has 0 aliphatic rings. The lowest BCUT2D eigenvalue weighted by Gasteiger charge is -1.94. The van der Waals surface area contributed by atoms with Crippen molar-refractivity contribution in [1.82, 2.24) is 4.73 Å². The number of carbonyl (C=O) groups is 1. The lowest BCUT2D eigenvalue weighted by molar-refractivity contribution is -0.117. The molecule has 1 heterocycles. The Bertz CT molecular complexity index is 341. The fourth-order valence-corrected chi connectivity index (χ4v) is 0.721. The van der Waals surface area contributed by atoms with Crippen LogP contribution in [0.4, 0.5) is 0 Å². The predicted octanol–water partition coefficient (Wildman–Crippen LogP) is 0.563. The summed E-state index contributed by atoms with van der Waals surface area (Å²) in [5, 5.41) is 9.13. The van der Waals surface area contributed by atoms with Crippen LogP contribution in [0.2, 0.25) is 0 Å². The largest absolute Gasteiger partial charge is 0.427 e. The Hall–Kier alpha value is -1.58. The first-order valence-electron chi connectivity index (χ1n) is 3.68. The van der Waals surface area contributed by atoms with E-state index in [2.05, 4.69) is 4.99 Å². The van der Waals surface area contributed by atoms with Gasteiger partial charge in [-0.2, -0.15) is 9.72 Å². The molecule has 0 spiro atoms. The third kappa shape index (κ3) is 1.95. The van der Waals surface area contributed by atoms with Crippen LogP contribution in [0.15, 0.2) is 29.4 Å². The Kier molecular flexibility index (Phi) is 2.63. The molecule has 0 radical (unpaired) electrons. The van der Waals surface area contributed by atoms with Crippen LogP contribution < -0.4 is 5.49 Å². The van der Waals surface area contributed by atoms with Gasteiger partial charge in [-0.1, -0.05) is 13.0 Å². The van der Waals surface area contributed by atoms with Gasteiger partial charge >= 0.3 is 0 Å². The lowest BCUT2D eigenvalue weighted by Crippen LogP contribution is -2.18. The van der Waals surface area contributed by atoms with E-state index in [-0.39, 0.29) is 11.4 Å². The van der Waals surface area contributed by atoms with Gasteiger partial charge in [0.2, 0.25) is 5.91 Å². The molecule has 4 heteroatoms. The fourth-order valence-electron chi connectivity index (χ4n) is 0.721. The van der Waals surface area contributed by atoms with Gasteiger partial charge < -0.3 is 5.21 Å². The molecule has 1 N–H and O–H groups in total. The highest BCUT2D eigenvalue weighted by Crippen LogP contribution is 1.81. The van der Waals surface area contributed by atoms with Gasteiger partial charge in [0, 0.05) is 12.6 Å². The van der Waals surface area contributed by atoms with Gasteiger partial charge in [-0.05, 0) is 12.1 Å². The molecule has 64 valence electrons. The Morgan fingerprint density at radius 3 is 3.00 bits per heavy atom. The van der Waals surface area contributed by atoms with E-state index < -0.39 is 0 Å². The average molecular weight is 166 g/mol. The van der Waals surface area contributed by atoms with Crippen LogP contribution >= 0.6 is 0 Å². The quantitative estimate of drug-likeness (QED) is 0.620. The van der Waals surface area contributed by atoms with Gasteiger partial charge in [0.25, 0.3) is 0 Å². The standard InChI is InChI=1S/C8H10N2O2/c1-2-8(11)9-7-5-3-4-6-10(7)12/h3-6,12H,2H2,1H3. The average Bonchev–Trinajstić information content (AvgIpc) is 2.09. The highest BCUT2D eigenvalue weighted by molar-refractivity contribution is 5.76. The zero-order chi connectivity index (χ0) is 8.97. The van der Waals surface area contributed by atoms with Crippen molar-refractivity contribution in [2.24, 2.45) is 4.99 Å². The van der Waals surface area contributed by atoms with Crippen LogP contribution in [0.3, 0.4) is 0 Å². The summed E-state index contributed by atoms with van der Waals surface area (Å²) in [6.07, 6.45) is 1.76. The number of pyridine rings is 1. The summed E-state index contributed by atoms with van der Waals surface area (Å²) in [6, 6.07) is 4.91. The van der Waals surface area contributed by atoms with Gasteiger partial charge in [-0.25, -0.2) is 0 Å². The minimum atomic E-state index is -0.246. The van der Waals surface area contributed by atoms with Crippen molar-refractivity contribution in [2.45, 2.75) is 13.3 Å². The first kappa shape index (κ1) is 8.52. The molecule has 0 aromatic carbocycles. The van der Waals surface area contributed by atoms with Crippen LogP contribution in [-0.4, -0.2) is 15.8 Å². The van der Waals surface area contributed by atoms with Crippen LogP contribution in [0.25, 0.3) is 0 Å². The first-order valence-corrected chi connectivity index (χ1v) is 3.68. The molecule has 1 aromatic heterocycles. The number of aromatic nitrogens is 1. The second kappa shape index (κ2) is 3.71. The second-order valence-electron chi connectivity index (χ2n) is 2.26. The highest BCUT2D eigenvalue weighted by atomic mass is 16.5. The zero-order valence-electron chi connectivity index (χ0n) is 6.77. The Balaban J connectivity index is 3.10. The monoisotopic (exact) mass is 166 g/mol. The minimum absolute atomic E-state index is 0.246. The lowest BCUT2D eigenvalue weighted by atomic mass is 10.4. The van der Waals surface area contributed by atoms with Gasteiger partial charge in [0.15, 0.2) is 5.49 Å². The molecule has 0 aliphatic heterocycles. The molecule has 0 unspecified atom stereocenters. The van der Waals surface area contributed by atoms with E-state index in [9.17, 15) is 4.79 Å². The van der Waals surface area contributed by atoms with Crippen molar-refractivity contribution in [1.29, 1.82) is 0 Å². The number of carbonyl (C=O) groups excluding carboxylic acids is 1. The Labute approximate surface area is 69.8 Å². The normalized spacial score (nSPS) is 11.6. The SMILES string of the molecule is CCC(=O)N=c1ccccn1O. The highest BCUT2D eigenvalue weighted by Gasteiger charge is 1.93. The molecule has 0 saturated heterocycles. The van der Waals surface area contributed by atoms with E-state index in [0.717, 1.165) is 4.73 Å². The predicted molar refractivity (Wildman–Crippen MR) is 42.5 cm³/mol. The summed E-state index contributed by atoms with van der Waals surface area (Å²) >= 11 is 0. The summed E-state index contributed by atoms with van der Waals surface area (Å²) < 4.78 is 0.813. The maximum atomic E-state index is 10.8. The summed E-state index contributed by atoms with van der Waals surface area (Å²) in [5.74, 6) is -0.246. The van der Waals surface area contributed by atoms with E-state index in [1.165, 1.54) is 6.20 Å². The van der Waals surface area contributed by atoms with Gasteiger partial charge in [-0.15, -0.1) is 0 Å². The van der Waals surface area contributed by atoms with E-state index in [1.807, 2.05) is 0 Å². The maximum absolute atomic E-state index is 10.8. The molecular weight excluding hydrogens is 156 g/mol. The third-order valence-electron chi connectivity index (χ3n) is 1.36. The Morgan fingerprint density at radius 2 is 2.42 bits per heavy atom. The summed E-state index contributed by atoms with van der Waals surface area (Å²) in [4.78, 5) is 14.5. The van der Waals surface area contributed by atoms with Crippen molar-refractivity contribution < 1.29 is 10.0 Å².